The Labute approximate surface area is 128 Å². The highest BCUT2D eigenvalue weighted by atomic mass is 79.9. The molecule has 1 aliphatic rings. The number of fused-ring (bicyclic) bond motifs is 1. The van der Waals surface area contributed by atoms with Crippen LogP contribution in [0.1, 0.15) is 35.8 Å². The summed E-state index contributed by atoms with van der Waals surface area (Å²) in [6.07, 6.45) is -0.0171. The highest BCUT2D eigenvalue weighted by molar-refractivity contribution is 9.10. The van der Waals surface area contributed by atoms with Crippen molar-refractivity contribution in [2.24, 2.45) is 0 Å². The van der Waals surface area contributed by atoms with Gasteiger partial charge >= 0.3 is 6.18 Å². The Bertz CT molecular complexity index is 651. The lowest BCUT2D eigenvalue weighted by Gasteiger charge is -2.24. The Morgan fingerprint density at radius 2 is 2.05 bits per heavy atom. The van der Waals surface area contributed by atoms with Gasteiger partial charge in [-0.2, -0.15) is 13.2 Å². The molecule has 1 unspecified atom stereocenters. The van der Waals surface area contributed by atoms with Gasteiger partial charge < -0.3 is 9.73 Å². The number of hydrogen-bond acceptors (Lipinski definition) is 2. The lowest BCUT2D eigenvalue weighted by atomic mass is 9.93. The summed E-state index contributed by atoms with van der Waals surface area (Å²) < 4.78 is 44.2. The molecule has 0 aliphatic heterocycles. The first-order valence-corrected chi connectivity index (χ1v) is 7.44. The summed E-state index contributed by atoms with van der Waals surface area (Å²) in [5.41, 5.74) is 0.832. The van der Waals surface area contributed by atoms with Gasteiger partial charge in [-0.15, -0.1) is 0 Å². The quantitative estimate of drug-likeness (QED) is 0.760. The van der Waals surface area contributed by atoms with Crippen molar-refractivity contribution in [3.05, 3.63) is 51.9 Å². The molecule has 2 aromatic rings. The van der Waals surface area contributed by atoms with Crippen LogP contribution in [-0.4, -0.2) is 0 Å². The molecular weight excluding hydrogens is 347 g/mol. The maximum absolute atomic E-state index is 12.9. The van der Waals surface area contributed by atoms with Gasteiger partial charge in [0.2, 0.25) is 0 Å². The predicted octanol–water partition coefficient (Wildman–Crippen LogP) is 5.55. The summed E-state index contributed by atoms with van der Waals surface area (Å²) in [5.74, 6) is 0.923. The minimum Gasteiger partial charge on any atom is -0.469 e. The maximum Gasteiger partial charge on any atom is 0.417 e. The van der Waals surface area contributed by atoms with E-state index in [2.05, 4.69) is 21.2 Å². The molecule has 0 saturated carbocycles. The molecule has 1 aromatic heterocycles. The van der Waals surface area contributed by atoms with Crippen molar-refractivity contribution in [1.82, 2.24) is 0 Å². The minimum absolute atomic E-state index is 0.00485. The zero-order chi connectivity index (χ0) is 15.0. The van der Waals surface area contributed by atoms with Crippen molar-refractivity contribution in [1.29, 1.82) is 0 Å². The normalized spacial score (nSPS) is 18.4. The number of nitrogens with one attached hydrogen (secondary N) is 1. The SMILES string of the molecule is FC(F)(F)c1cc(NC2CCCc3occc32)ccc1Br. The third-order valence-corrected chi connectivity index (χ3v) is 4.36. The number of alkyl halides is 3. The van der Waals surface area contributed by atoms with Crippen LogP contribution in [0, 0.1) is 0 Å². The summed E-state index contributed by atoms with van der Waals surface area (Å²) in [6, 6.07) is 6.08. The van der Waals surface area contributed by atoms with E-state index in [0.717, 1.165) is 36.7 Å². The number of rotatable bonds is 2. The third-order valence-electron chi connectivity index (χ3n) is 3.66. The summed E-state index contributed by atoms with van der Waals surface area (Å²) in [7, 11) is 0. The highest BCUT2D eigenvalue weighted by Crippen LogP contribution is 2.38. The van der Waals surface area contributed by atoms with E-state index in [9.17, 15) is 13.2 Å². The van der Waals surface area contributed by atoms with E-state index in [1.165, 1.54) is 6.07 Å². The van der Waals surface area contributed by atoms with Crippen molar-refractivity contribution in [2.45, 2.75) is 31.5 Å². The van der Waals surface area contributed by atoms with Gasteiger partial charge in [0.15, 0.2) is 0 Å². The molecule has 6 heteroatoms. The first kappa shape index (κ1) is 14.5. The second-order valence-corrected chi connectivity index (χ2v) is 5.93. The molecule has 2 nitrogen and oxygen atoms in total. The Balaban J connectivity index is 1.87. The van der Waals surface area contributed by atoms with Gasteiger partial charge in [-0.05, 0) is 37.1 Å². The topological polar surface area (TPSA) is 25.2 Å². The van der Waals surface area contributed by atoms with Crippen LogP contribution in [-0.2, 0) is 12.6 Å². The van der Waals surface area contributed by atoms with Crippen LogP contribution < -0.4 is 5.32 Å². The molecule has 1 atom stereocenters. The van der Waals surface area contributed by atoms with Gasteiger partial charge in [0.1, 0.15) is 5.76 Å². The number of furan rings is 1. The molecule has 0 spiro atoms. The average Bonchev–Trinajstić information content (AvgIpc) is 2.89. The van der Waals surface area contributed by atoms with Crippen LogP contribution in [0.15, 0.2) is 39.4 Å². The van der Waals surface area contributed by atoms with Crippen molar-refractivity contribution in [2.75, 3.05) is 5.32 Å². The number of hydrogen-bond donors (Lipinski definition) is 1. The van der Waals surface area contributed by atoms with E-state index in [4.69, 9.17) is 4.42 Å². The predicted molar refractivity (Wildman–Crippen MR) is 77.2 cm³/mol. The number of anilines is 1. The Kier molecular flexibility index (Phi) is 3.73. The zero-order valence-electron chi connectivity index (χ0n) is 11.0. The van der Waals surface area contributed by atoms with Gasteiger partial charge in [-0.25, -0.2) is 0 Å². The van der Waals surface area contributed by atoms with E-state index in [0.29, 0.717) is 5.69 Å². The van der Waals surface area contributed by atoms with Gasteiger partial charge in [-0.3, -0.25) is 0 Å². The number of halogens is 4. The zero-order valence-corrected chi connectivity index (χ0v) is 12.6. The smallest absolute Gasteiger partial charge is 0.417 e. The van der Waals surface area contributed by atoms with Gasteiger partial charge in [0.05, 0.1) is 17.9 Å². The largest absolute Gasteiger partial charge is 0.469 e. The fraction of sp³-hybridized carbons (Fsp3) is 0.333. The van der Waals surface area contributed by atoms with E-state index in [1.54, 1.807) is 12.3 Å². The van der Waals surface area contributed by atoms with E-state index < -0.39 is 11.7 Å². The third kappa shape index (κ3) is 2.95. The van der Waals surface area contributed by atoms with Crippen molar-refractivity contribution < 1.29 is 17.6 Å². The summed E-state index contributed by atoms with van der Waals surface area (Å²) >= 11 is 2.95. The van der Waals surface area contributed by atoms with E-state index >= 15 is 0 Å². The molecule has 0 bridgehead atoms. The molecule has 1 aliphatic carbocycles. The van der Waals surface area contributed by atoms with Crippen LogP contribution in [0.4, 0.5) is 18.9 Å². The lowest BCUT2D eigenvalue weighted by molar-refractivity contribution is -0.138. The molecule has 1 aromatic carbocycles. The molecule has 0 amide bonds. The van der Waals surface area contributed by atoms with Crippen molar-refractivity contribution in [3.63, 3.8) is 0 Å². The van der Waals surface area contributed by atoms with Crippen molar-refractivity contribution in [3.8, 4) is 0 Å². The molecule has 1 N–H and O–H groups in total. The summed E-state index contributed by atoms with van der Waals surface area (Å²) in [4.78, 5) is 0. The standard InChI is InChI=1S/C15H13BrF3NO/c16-12-5-4-9(8-11(12)15(17,18)19)20-13-2-1-3-14-10(13)6-7-21-14/h4-8,13,20H,1-3H2. The fourth-order valence-electron chi connectivity index (χ4n) is 2.67. The Morgan fingerprint density at radius 1 is 1.24 bits per heavy atom. The molecule has 112 valence electrons. The summed E-state index contributed by atoms with van der Waals surface area (Å²) in [6.45, 7) is 0. The fourth-order valence-corrected chi connectivity index (χ4v) is 3.14. The Hall–Kier alpha value is -1.43. The summed E-state index contributed by atoms with van der Waals surface area (Å²) in [5, 5.41) is 3.18. The average molecular weight is 360 g/mol. The molecular formula is C15H13BrF3NO. The molecule has 0 radical (unpaired) electrons. The van der Waals surface area contributed by atoms with E-state index in [1.807, 2.05) is 6.07 Å². The molecule has 0 fully saturated rings. The maximum atomic E-state index is 12.9. The molecule has 1 heterocycles. The molecule has 3 rings (SSSR count). The van der Waals surface area contributed by atoms with Crippen LogP contribution in [0.2, 0.25) is 0 Å². The Morgan fingerprint density at radius 3 is 2.81 bits per heavy atom. The van der Waals surface area contributed by atoms with Crippen LogP contribution in [0.25, 0.3) is 0 Å². The van der Waals surface area contributed by atoms with Crippen LogP contribution in [0.5, 0.6) is 0 Å². The van der Waals surface area contributed by atoms with Crippen LogP contribution in [0.3, 0.4) is 0 Å². The van der Waals surface area contributed by atoms with E-state index in [-0.39, 0.29) is 10.5 Å². The first-order valence-electron chi connectivity index (χ1n) is 6.64. The second kappa shape index (κ2) is 5.40. The first-order chi connectivity index (χ1) is 9.95. The molecule has 0 saturated heterocycles. The van der Waals surface area contributed by atoms with Crippen molar-refractivity contribution >= 4 is 21.6 Å². The van der Waals surface area contributed by atoms with Gasteiger partial charge in [-0.1, -0.05) is 15.9 Å². The molecule has 21 heavy (non-hydrogen) atoms. The van der Waals surface area contributed by atoms with Gasteiger partial charge in [0.25, 0.3) is 0 Å². The second-order valence-electron chi connectivity index (χ2n) is 5.08. The number of benzene rings is 1. The van der Waals surface area contributed by atoms with Crippen LogP contribution >= 0.6 is 15.9 Å². The minimum atomic E-state index is -4.37. The highest BCUT2D eigenvalue weighted by Gasteiger charge is 2.33. The lowest BCUT2D eigenvalue weighted by Crippen LogP contribution is -2.16. The van der Waals surface area contributed by atoms with Gasteiger partial charge in [0, 0.05) is 22.1 Å². The number of aryl methyl sites for hydroxylation is 1. The monoisotopic (exact) mass is 359 g/mol.